The van der Waals surface area contributed by atoms with Gasteiger partial charge in [-0.25, -0.2) is 0 Å². The molecule has 0 radical (unpaired) electrons. The van der Waals surface area contributed by atoms with E-state index in [1.165, 1.54) is 18.5 Å². The van der Waals surface area contributed by atoms with E-state index in [1.807, 2.05) is 12.1 Å². The van der Waals surface area contributed by atoms with Crippen LogP contribution in [0.1, 0.15) is 39.5 Å². The van der Waals surface area contributed by atoms with E-state index in [0.29, 0.717) is 6.04 Å². The first kappa shape index (κ1) is 18.1. The van der Waals surface area contributed by atoms with Gasteiger partial charge in [0.25, 0.3) is 0 Å². The zero-order valence-electron chi connectivity index (χ0n) is 14.8. The van der Waals surface area contributed by atoms with Crippen LogP contribution in [0.15, 0.2) is 24.3 Å². The first-order chi connectivity index (χ1) is 11.0. The molecule has 2 N–H and O–H groups in total. The minimum Gasteiger partial charge on any atom is -0.497 e. The lowest BCUT2D eigenvalue weighted by Gasteiger charge is -2.34. The molecule has 4 heteroatoms. The summed E-state index contributed by atoms with van der Waals surface area (Å²) in [7, 11) is 1.70. The number of ether oxygens (including phenoxy) is 1. The van der Waals surface area contributed by atoms with Crippen molar-refractivity contribution in [2.75, 3.05) is 38.3 Å². The fourth-order valence-electron chi connectivity index (χ4n) is 3.09. The molecule has 1 heterocycles. The van der Waals surface area contributed by atoms with Crippen molar-refractivity contribution < 1.29 is 9.84 Å². The Morgan fingerprint density at radius 2 is 1.87 bits per heavy atom. The summed E-state index contributed by atoms with van der Waals surface area (Å²) in [5.74, 6) is 0.913. The third-order valence-corrected chi connectivity index (χ3v) is 4.82. The molecule has 1 aliphatic rings. The van der Waals surface area contributed by atoms with Gasteiger partial charge in [0.05, 0.1) is 7.11 Å². The molecule has 0 spiro atoms. The van der Waals surface area contributed by atoms with Crippen LogP contribution in [0.25, 0.3) is 0 Å². The minimum absolute atomic E-state index is 0.0550. The number of nitrogens with zero attached hydrogens (tertiary/aromatic N) is 1. The molecule has 1 saturated heterocycles. The molecule has 0 aliphatic carbocycles. The fraction of sp³-hybridized carbons (Fsp3) is 0.684. The van der Waals surface area contributed by atoms with E-state index < -0.39 is 0 Å². The van der Waals surface area contributed by atoms with E-state index in [2.05, 4.69) is 36.2 Å². The van der Waals surface area contributed by atoms with Gasteiger partial charge in [0.1, 0.15) is 5.75 Å². The largest absolute Gasteiger partial charge is 0.497 e. The highest BCUT2D eigenvalue weighted by Crippen LogP contribution is 2.23. The van der Waals surface area contributed by atoms with Crippen molar-refractivity contribution in [2.24, 2.45) is 5.41 Å². The van der Waals surface area contributed by atoms with E-state index in [1.54, 1.807) is 7.11 Å². The molecule has 1 fully saturated rings. The molecule has 0 unspecified atom stereocenters. The van der Waals surface area contributed by atoms with Gasteiger partial charge in [-0.15, -0.1) is 0 Å². The van der Waals surface area contributed by atoms with Crippen molar-refractivity contribution in [2.45, 2.75) is 45.6 Å². The second kappa shape index (κ2) is 8.55. The summed E-state index contributed by atoms with van der Waals surface area (Å²) in [6.45, 7) is 7.78. The number of anilines is 1. The molecular formula is C19H32N2O2. The SMILES string of the molecule is COc1ccc(N2CCC(NCCCC(C)(C)CO)CC2)cc1. The zero-order valence-corrected chi connectivity index (χ0v) is 14.8. The number of rotatable bonds is 8. The maximum atomic E-state index is 9.28. The molecule has 1 aromatic carbocycles. The average Bonchev–Trinajstić information content (AvgIpc) is 2.59. The lowest BCUT2D eigenvalue weighted by Crippen LogP contribution is -2.43. The Morgan fingerprint density at radius 1 is 1.22 bits per heavy atom. The summed E-state index contributed by atoms with van der Waals surface area (Å²) in [5, 5.41) is 13.0. The second-order valence-corrected chi connectivity index (χ2v) is 7.34. The quantitative estimate of drug-likeness (QED) is 0.723. The lowest BCUT2D eigenvalue weighted by atomic mass is 9.89. The fourth-order valence-corrected chi connectivity index (χ4v) is 3.09. The van der Waals surface area contributed by atoms with Crippen molar-refractivity contribution in [1.82, 2.24) is 5.32 Å². The van der Waals surface area contributed by atoms with Crippen LogP contribution in [0, 0.1) is 5.41 Å². The highest BCUT2D eigenvalue weighted by Gasteiger charge is 2.20. The molecule has 23 heavy (non-hydrogen) atoms. The Kier molecular flexibility index (Phi) is 6.72. The van der Waals surface area contributed by atoms with E-state index in [-0.39, 0.29) is 12.0 Å². The smallest absolute Gasteiger partial charge is 0.119 e. The Bertz CT molecular complexity index is 451. The van der Waals surface area contributed by atoms with Gasteiger partial charge in [0.2, 0.25) is 0 Å². The number of methoxy groups -OCH3 is 1. The van der Waals surface area contributed by atoms with Crippen LogP contribution in [0.4, 0.5) is 5.69 Å². The number of aliphatic hydroxyl groups excluding tert-OH is 1. The summed E-state index contributed by atoms with van der Waals surface area (Å²) in [5.41, 5.74) is 1.34. The number of piperidine rings is 1. The molecule has 0 amide bonds. The first-order valence-electron chi connectivity index (χ1n) is 8.77. The molecule has 4 nitrogen and oxygen atoms in total. The summed E-state index contributed by atoms with van der Waals surface area (Å²) in [6.07, 6.45) is 4.58. The number of aliphatic hydroxyl groups is 1. The maximum Gasteiger partial charge on any atom is 0.119 e. The average molecular weight is 320 g/mol. The van der Waals surface area contributed by atoms with Crippen LogP contribution in [-0.2, 0) is 0 Å². The predicted octanol–water partition coefficient (Wildman–Crippen LogP) is 3.05. The Hall–Kier alpha value is -1.26. The highest BCUT2D eigenvalue weighted by molar-refractivity contribution is 5.49. The van der Waals surface area contributed by atoms with Crippen LogP contribution in [-0.4, -0.2) is 44.5 Å². The predicted molar refractivity (Wildman–Crippen MR) is 96.3 cm³/mol. The van der Waals surface area contributed by atoms with Gasteiger partial charge in [0.15, 0.2) is 0 Å². The molecular weight excluding hydrogens is 288 g/mol. The third kappa shape index (κ3) is 5.70. The second-order valence-electron chi connectivity index (χ2n) is 7.34. The van der Waals surface area contributed by atoms with Crippen LogP contribution in [0.2, 0.25) is 0 Å². The number of benzene rings is 1. The zero-order chi connectivity index (χ0) is 16.7. The highest BCUT2D eigenvalue weighted by atomic mass is 16.5. The Labute approximate surface area is 140 Å². The van der Waals surface area contributed by atoms with E-state index in [9.17, 15) is 5.11 Å². The van der Waals surface area contributed by atoms with Gasteiger partial charge in [-0.05, 0) is 61.9 Å². The molecule has 0 bridgehead atoms. The minimum atomic E-state index is 0.0550. The van der Waals surface area contributed by atoms with Crippen LogP contribution in [0.3, 0.4) is 0 Å². The third-order valence-electron chi connectivity index (χ3n) is 4.82. The van der Waals surface area contributed by atoms with E-state index in [0.717, 1.165) is 38.2 Å². The van der Waals surface area contributed by atoms with Crippen molar-refractivity contribution in [3.8, 4) is 5.75 Å². The number of hydrogen-bond acceptors (Lipinski definition) is 4. The molecule has 1 aromatic rings. The molecule has 0 aromatic heterocycles. The van der Waals surface area contributed by atoms with Crippen molar-refractivity contribution >= 4 is 5.69 Å². The van der Waals surface area contributed by atoms with Crippen molar-refractivity contribution in [1.29, 1.82) is 0 Å². The van der Waals surface area contributed by atoms with Crippen molar-refractivity contribution in [3.63, 3.8) is 0 Å². The van der Waals surface area contributed by atoms with Crippen LogP contribution >= 0.6 is 0 Å². The van der Waals surface area contributed by atoms with Gasteiger partial charge >= 0.3 is 0 Å². The first-order valence-corrected chi connectivity index (χ1v) is 8.77. The van der Waals surface area contributed by atoms with Gasteiger partial charge in [-0.2, -0.15) is 0 Å². The van der Waals surface area contributed by atoms with Gasteiger partial charge in [-0.3, -0.25) is 0 Å². The van der Waals surface area contributed by atoms with E-state index in [4.69, 9.17) is 4.74 Å². The normalized spacial score (nSPS) is 16.6. The standard InChI is InChI=1S/C19H32N2O2/c1-19(2,15-22)11-4-12-20-16-9-13-21(14-10-16)17-5-7-18(23-3)8-6-17/h5-8,16,20,22H,4,9-15H2,1-3H3. The molecule has 0 atom stereocenters. The van der Waals surface area contributed by atoms with Gasteiger partial charge in [0, 0.05) is 31.4 Å². The molecule has 0 saturated carbocycles. The summed E-state index contributed by atoms with van der Waals surface area (Å²) in [4.78, 5) is 2.45. The van der Waals surface area contributed by atoms with Crippen LogP contribution in [0.5, 0.6) is 5.75 Å². The van der Waals surface area contributed by atoms with Crippen LogP contribution < -0.4 is 15.0 Å². The maximum absolute atomic E-state index is 9.28. The monoisotopic (exact) mass is 320 g/mol. The van der Waals surface area contributed by atoms with Crippen molar-refractivity contribution in [3.05, 3.63) is 24.3 Å². The Morgan fingerprint density at radius 3 is 2.43 bits per heavy atom. The van der Waals surface area contributed by atoms with E-state index >= 15 is 0 Å². The van der Waals surface area contributed by atoms with Gasteiger partial charge in [-0.1, -0.05) is 13.8 Å². The molecule has 2 rings (SSSR count). The number of nitrogens with one attached hydrogen (secondary N) is 1. The number of hydrogen-bond donors (Lipinski definition) is 2. The van der Waals surface area contributed by atoms with Gasteiger partial charge < -0.3 is 20.1 Å². The summed E-state index contributed by atoms with van der Waals surface area (Å²) >= 11 is 0. The Balaban J connectivity index is 1.67. The summed E-state index contributed by atoms with van der Waals surface area (Å²) in [6, 6.07) is 8.97. The topological polar surface area (TPSA) is 44.7 Å². The molecule has 1 aliphatic heterocycles. The molecule has 130 valence electrons. The summed E-state index contributed by atoms with van der Waals surface area (Å²) < 4.78 is 5.22. The lowest BCUT2D eigenvalue weighted by molar-refractivity contribution is 0.147.